The Morgan fingerprint density at radius 1 is 1.17 bits per heavy atom. The van der Waals surface area contributed by atoms with Gasteiger partial charge in [-0.05, 0) is 68.4 Å². The van der Waals surface area contributed by atoms with Gasteiger partial charge in [-0.1, -0.05) is 18.2 Å². The zero-order valence-corrected chi connectivity index (χ0v) is 14.2. The normalized spacial score (nSPS) is 15.0. The molecule has 1 aromatic carbocycles. The fourth-order valence-corrected chi connectivity index (χ4v) is 3.79. The smallest absolute Gasteiger partial charge is 0.140 e. The number of imidazole rings is 1. The van der Waals surface area contributed by atoms with E-state index in [1.54, 1.807) is 0 Å². The van der Waals surface area contributed by atoms with E-state index in [2.05, 4.69) is 41.7 Å². The van der Waals surface area contributed by atoms with Crippen LogP contribution in [0.4, 0.5) is 0 Å². The van der Waals surface area contributed by atoms with Crippen LogP contribution in [-0.4, -0.2) is 9.38 Å². The van der Waals surface area contributed by atoms with Crippen molar-refractivity contribution in [2.45, 2.75) is 45.4 Å². The predicted octanol–water partition coefficient (Wildman–Crippen LogP) is 4.82. The van der Waals surface area contributed by atoms with Gasteiger partial charge in [0.2, 0.25) is 0 Å². The maximum atomic E-state index is 9.51. The van der Waals surface area contributed by atoms with Crippen molar-refractivity contribution in [3.63, 3.8) is 0 Å². The Morgan fingerprint density at radius 2 is 1.96 bits per heavy atom. The highest BCUT2D eigenvalue weighted by molar-refractivity contribution is 5.70. The third-order valence-electron chi connectivity index (χ3n) is 5.11. The van der Waals surface area contributed by atoms with E-state index in [1.165, 1.54) is 30.4 Å². The number of aromatic nitrogens is 2. The summed E-state index contributed by atoms with van der Waals surface area (Å²) < 4.78 is 2.08. The SMILES string of the molecule is Cc1cccn2c(C(C)C#N)c(-c3ccc4c(c3)CCCC4)nc12. The second-order valence-electron chi connectivity index (χ2n) is 6.77. The molecule has 3 aromatic rings. The molecule has 3 heteroatoms. The van der Waals surface area contributed by atoms with Gasteiger partial charge in [0, 0.05) is 11.8 Å². The van der Waals surface area contributed by atoms with Crippen molar-refractivity contribution in [2.24, 2.45) is 0 Å². The van der Waals surface area contributed by atoms with Gasteiger partial charge in [-0.25, -0.2) is 4.98 Å². The Morgan fingerprint density at radius 3 is 2.75 bits per heavy atom. The molecule has 0 fully saturated rings. The molecule has 0 radical (unpaired) electrons. The van der Waals surface area contributed by atoms with Gasteiger partial charge in [-0.3, -0.25) is 0 Å². The zero-order chi connectivity index (χ0) is 16.7. The maximum Gasteiger partial charge on any atom is 0.140 e. The molecule has 0 amide bonds. The number of rotatable bonds is 2. The minimum Gasteiger partial charge on any atom is -0.302 e. The fraction of sp³-hybridized carbons (Fsp3) is 0.333. The van der Waals surface area contributed by atoms with E-state index in [1.807, 2.05) is 19.2 Å². The largest absolute Gasteiger partial charge is 0.302 e. The Balaban J connectivity index is 1.96. The topological polar surface area (TPSA) is 41.1 Å². The molecule has 120 valence electrons. The van der Waals surface area contributed by atoms with Crippen molar-refractivity contribution >= 4 is 5.65 Å². The van der Waals surface area contributed by atoms with Crippen LogP contribution in [0.25, 0.3) is 16.9 Å². The molecule has 2 heterocycles. The molecule has 1 atom stereocenters. The van der Waals surface area contributed by atoms with Gasteiger partial charge in [-0.2, -0.15) is 5.26 Å². The first kappa shape index (κ1) is 15.0. The number of benzene rings is 1. The number of nitrogens with zero attached hydrogens (tertiary/aromatic N) is 3. The minimum atomic E-state index is -0.201. The summed E-state index contributed by atoms with van der Waals surface area (Å²) in [7, 11) is 0. The van der Waals surface area contributed by atoms with Crippen LogP contribution in [0.2, 0.25) is 0 Å². The van der Waals surface area contributed by atoms with Gasteiger partial charge in [0.25, 0.3) is 0 Å². The van der Waals surface area contributed by atoms with E-state index in [9.17, 15) is 5.26 Å². The molecular weight excluding hydrogens is 294 g/mol. The van der Waals surface area contributed by atoms with Crippen LogP contribution in [0.15, 0.2) is 36.5 Å². The molecule has 24 heavy (non-hydrogen) atoms. The lowest BCUT2D eigenvalue weighted by molar-refractivity contribution is 0.686. The van der Waals surface area contributed by atoms with Gasteiger partial charge in [0.1, 0.15) is 5.65 Å². The summed E-state index contributed by atoms with van der Waals surface area (Å²) in [4.78, 5) is 4.91. The Labute approximate surface area is 142 Å². The number of hydrogen-bond donors (Lipinski definition) is 0. The molecule has 0 aliphatic heterocycles. The summed E-state index contributed by atoms with van der Waals surface area (Å²) in [5.41, 5.74) is 8.08. The van der Waals surface area contributed by atoms with Crippen LogP contribution < -0.4 is 0 Å². The summed E-state index contributed by atoms with van der Waals surface area (Å²) in [5.74, 6) is -0.201. The summed E-state index contributed by atoms with van der Waals surface area (Å²) in [5, 5.41) is 9.51. The molecule has 0 saturated carbocycles. The Bertz CT molecular complexity index is 959. The van der Waals surface area contributed by atoms with E-state index in [0.29, 0.717) is 0 Å². The maximum absolute atomic E-state index is 9.51. The van der Waals surface area contributed by atoms with Crippen LogP contribution in [0.3, 0.4) is 0 Å². The summed E-state index contributed by atoms with van der Waals surface area (Å²) in [6, 6.07) is 13.2. The average Bonchev–Trinajstić information content (AvgIpc) is 3.01. The van der Waals surface area contributed by atoms with Crippen molar-refractivity contribution in [1.29, 1.82) is 5.26 Å². The van der Waals surface area contributed by atoms with Crippen LogP contribution in [-0.2, 0) is 12.8 Å². The predicted molar refractivity (Wildman–Crippen MR) is 96.0 cm³/mol. The van der Waals surface area contributed by atoms with E-state index in [4.69, 9.17) is 4.98 Å². The lowest BCUT2D eigenvalue weighted by Crippen LogP contribution is -2.03. The molecule has 1 unspecified atom stereocenters. The molecule has 2 aromatic heterocycles. The fourth-order valence-electron chi connectivity index (χ4n) is 3.79. The number of hydrogen-bond acceptors (Lipinski definition) is 2. The molecule has 3 nitrogen and oxygen atoms in total. The van der Waals surface area contributed by atoms with Gasteiger partial charge in [0.15, 0.2) is 0 Å². The number of pyridine rings is 1. The third kappa shape index (κ3) is 2.30. The summed E-state index contributed by atoms with van der Waals surface area (Å²) >= 11 is 0. The minimum absolute atomic E-state index is 0.201. The molecule has 0 N–H and O–H groups in total. The molecule has 0 saturated heterocycles. The van der Waals surface area contributed by atoms with Gasteiger partial charge >= 0.3 is 0 Å². The van der Waals surface area contributed by atoms with E-state index in [-0.39, 0.29) is 5.92 Å². The number of fused-ring (bicyclic) bond motifs is 2. The van der Waals surface area contributed by atoms with Crippen molar-refractivity contribution in [3.05, 3.63) is 58.9 Å². The van der Waals surface area contributed by atoms with Crippen LogP contribution in [0, 0.1) is 18.3 Å². The molecule has 4 rings (SSSR count). The Hall–Kier alpha value is -2.60. The third-order valence-corrected chi connectivity index (χ3v) is 5.11. The van der Waals surface area contributed by atoms with Crippen LogP contribution >= 0.6 is 0 Å². The van der Waals surface area contributed by atoms with Crippen molar-refractivity contribution < 1.29 is 0 Å². The molecule has 0 spiro atoms. The number of nitriles is 1. The molecule has 1 aliphatic carbocycles. The number of aryl methyl sites for hydroxylation is 3. The summed E-state index contributed by atoms with van der Waals surface area (Å²) in [6.45, 7) is 4.02. The van der Waals surface area contributed by atoms with Crippen molar-refractivity contribution in [1.82, 2.24) is 9.38 Å². The Kier molecular flexibility index (Phi) is 3.61. The van der Waals surface area contributed by atoms with E-state index < -0.39 is 0 Å². The highest BCUT2D eigenvalue weighted by Crippen LogP contribution is 2.33. The van der Waals surface area contributed by atoms with Gasteiger partial charge < -0.3 is 4.40 Å². The quantitative estimate of drug-likeness (QED) is 0.680. The first-order valence-electron chi connectivity index (χ1n) is 8.68. The van der Waals surface area contributed by atoms with Crippen molar-refractivity contribution in [3.8, 4) is 17.3 Å². The van der Waals surface area contributed by atoms with Crippen LogP contribution in [0.5, 0.6) is 0 Å². The highest BCUT2D eigenvalue weighted by Gasteiger charge is 2.21. The summed E-state index contributed by atoms with van der Waals surface area (Å²) in [6.07, 6.45) is 6.90. The van der Waals surface area contributed by atoms with Gasteiger partial charge in [-0.15, -0.1) is 0 Å². The molecule has 1 aliphatic rings. The lowest BCUT2D eigenvalue weighted by atomic mass is 9.89. The van der Waals surface area contributed by atoms with Crippen LogP contribution in [0.1, 0.15) is 48.1 Å². The standard InChI is InChI=1S/C21H21N3/c1-14-6-5-11-24-20(15(2)13-22)19(23-21(14)24)18-10-9-16-7-3-4-8-17(16)12-18/h5-6,9-12,15H,3-4,7-8H2,1-2H3. The monoisotopic (exact) mass is 315 g/mol. The first-order chi connectivity index (χ1) is 11.7. The highest BCUT2D eigenvalue weighted by atomic mass is 15.0. The molecule has 0 bridgehead atoms. The first-order valence-corrected chi connectivity index (χ1v) is 8.68. The van der Waals surface area contributed by atoms with Crippen molar-refractivity contribution in [2.75, 3.05) is 0 Å². The van der Waals surface area contributed by atoms with E-state index in [0.717, 1.165) is 34.6 Å². The second kappa shape index (κ2) is 5.79. The zero-order valence-electron chi connectivity index (χ0n) is 14.2. The lowest BCUT2D eigenvalue weighted by Gasteiger charge is -2.16. The van der Waals surface area contributed by atoms with E-state index >= 15 is 0 Å². The average molecular weight is 315 g/mol. The second-order valence-corrected chi connectivity index (χ2v) is 6.77. The van der Waals surface area contributed by atoms with Gasteiger partial charge in [0.05, 0.1) is 23.4 Å². The molecular formula is C21H21N3.